The molecule has 0 radical (unpaired) electrons. The van der Waals surface area contributed by atoms with Gasteiger partial charge in [-0.3, -0.25) is 4.79 Å². The number of carbonyl (C=O) groups is 1. The summed E-state index contributed by atoms with van der Waals surface area (Å²) in [6.07, 6.45) is 7.35. The first-order chi connectivity index (χ1) is 5.70. The highest BCUT2D eigenvalue weighted by molar-refractivity contribution is 5.67. The van der Waals surface area contributed by atoms with Crippen molar-refractivity contribution in [2.75, 3.05) is 0 Å². The Bertz CT molecular complexity index is 150. The predicted octanol–water partition coefficient (Wildman–Crippen LogP) is 2.84. The van der Waals surface area contributed by atoms with Gasteiger partial charge < -0.3 is 5.11 Å². The molecule has 70 valence electrons. The number of hydrogen-bond acceptors (Lipinski definition) is 1. The van der Waals surface area contributed by atoms with Gasteiger partial charge in [-0.05, 0) is 18.8 Å². The van der Waals surface area contributed by atoms with Gasteiger partial charge in [-0.25, -0.2) is 0 Å². The minimum Gasteiger partial charge on any atom is -0.481 e. The van der Waals surface area contributed by atoms with Crippen molar-refractivity contribution in [1.82, 2.24) is 0 Å². The van der Waals surface area contributed by atoms with Crippen molar-refractivity contribution < 1.29 is 9.90 Å². The molecule has 1 unspecified atom stereocenters. The molecule has 0 aromatic heterocycles. The summed E-state index contributed by atoms with van der Waals surface area (Å²) in [5, 5.41) is 8.58. The molecule has 0 amide bonds. The van der Waals surface area contributed by atoms with Crippen molar-refractivity contribution in [3.63, 3.8) is 0 Å². The van der Waals surface area contributed by atoms with Gasteiger partial charge in [-0.1, -0.05) is 32.4 Å². The summed E-state index contributed by atoms with van der Waals surface area (Å²) in [4.78, 5) is 10.4. The molecule has 0 spiro atoms. The van der Waals surface area contributed by atoms with Gasteiger partial charge in [0.05, 0.1) is 6.42 Å². The molecule has 0 saturated carbocycles. The molecule has 0 fully saturated rings. The Labute approximate surface area is 74.3 Å². The zero-order valence-corrected chi connectivity index (χ0v) is 7.92. The van der Waals surface area contributed by atoms with Crippen molar-refractivity contribution in [2.45, 2.75) is 39.5 Å². The largest absolute Gasteiger partial charge is 0.481 e. The van der Waals surface area contributed by atoms with Crippen molar-refractivity contribution >= 4 is 5.97 Å². The van der Waals surface area contributed by atoms with Gasteiger partial charge in [0, 0.05) is 0 Å². The van der Waals surface area contributed by atoms with Gasteiger partial charge in [-0.2, -0.15) is 0 Å². The molecular weight excluding hydrogens is 152 g/mol. The van der Waals surface area contributed by atoms with Crippen LogP contribution in [0.1, 0.15) is 39.5 Å². The molecule has 0 aliphatic rings. The van der Waals surface area contributed by atoms with E-state index in [-0.39, 0.29) is 12.3 Å². The Kier molecular flexibility index (Phi) is 6.44. The molecule has 2 nitrogen and oxygen atoms in total. The third kappa shape index (κ3) is 5.96. The molecule has 0 aromatic rings. The summed E-state index contributed by atoms with van der Waals surface area (Å²) >= 11 is 0. The summed E-state index contributed by atoms with van der Waals surface area (Å²) in [6, 6.07) is 0. The Hall–Kier alpha value is -0.790. The highest BCUT2D eigenvalue weighted by atomic mass is 16.4. The van der Waals surface area contributed by atoms with Crippen LogP contribution in [0.5, 0.6) is 0 Å². The van der Waals surface area contributed by atoms with Crippen molar-refractivity contribution in [2.24, 2.45) is 5.92 Å². The average molecular weight is 170 g/mol. The molecule has 0 bridgehead atoms. The van der Waals surface area contributed by atoms with Gasteiger partial charge in [0.1, 0.15) is 0 Å². The Morgan fingerprint density at radius 1 is 1.50 bits per heavy atom. The normalized spacial score (nSPS) is 13.5. The molecule has 0 aliphatic carbocycles. The third-order valence-electron chi connectivity index (χ3n) is 1.74. The van der Waals surface area contributed by atoms with E-state index in [1.54, 1.807) is 0 Å². The fourth-order valence-corrected chi connectivity index (χ4v) is 1.19. The second-order valence-electron chi connectivity index (χ2n) is 2.98. The van der Waals surface area contributed by atoms with Crippen molar-refractivity contribution in [3.8, 4) is 0 Å². The fraction of sp³-hybridized carbons (Fsp3) is 0.700. The number of carboxylic acid groups (broad SMARTS) is 1. The summed E-state index contributed by atoms with van der Waals surface area (Å²) in [5.41, 5.74) is 0. The molecule has 1 atom stereocenters. The second-order valence-corrected chi connectivity index (χ2v) is 2.98. The fourth-order valence-electron chi connectivity index (χ4n) is 1.19. The first-order valence-corrected chi connectivity index (χ1v) is 4.59. The Morgan fingerprint density at radius 2 is 2.17 bits per heavy atom. The van der Waals surface area contributed by atoms with Gasteiger partial charge >= 0.3 is 5.97 Å². The van der Waals surface area contributed by atoms with Crippen LogP contribution >= 0.6 is 0 Å². The lowest BCUT2D eigenvalue weighted by Crippen LogP contribution is -2.04. The number of aliphatic carboxylic acids is 1. The van der Waals surface area contributed by atoms with E-state index < -0.39 is 5.97 Å². The van der Waals surface area contributed by atoms with Crippen LogP contribution in [-0.4, -0.2) is 11.1 Å². The zero-order chi connectivity index (χ0) is 9.40. The molecule has 2 heteroatoms. The summed E-state index contributed by atoms with van der Waals surface area (Å²) < 4.78 is 0. The minimum atomic E-state index is -0.700. The average Bonchev–Trinajstić information content (AvgIpc) is 2.00. The number of rotatable bonds is 6. The summed E-state index contributed by atoms with van der Waals surface area (Å²) in [6.45, 7) is 4.13. The van der Waals surface area contributed by atoms with Crippen LogP contribution in [0.25, 0.3) is 0 Å². The van der Waals surface area contributed by atoms with E-state index in [0.29, 0.717) is 0 Å². The third-order valence-corrected chi connectivity index (χ3v) is 1.74. The van der Waals surface area contributed by atoms with Crippen LogP contribution < -0.4 is 0 Å². The second kappa shape index (κ2) is 6.89. The maximum absolute atomic E-state index is 10.4. The highest BCUT2D eigenvalue weighted by Gasteiger charge is 2.07. The molecule has 0 aromatic carbocycles. The Morgan fingerprint density at radius 3 is 2.58 bits per heavy atom. The van der Waals surface area contributed by atoms with Crippen LogP contribution in [0.15, 0.2) is 12.2 Å². The van der Waals surface area contributed by atoms with Gasteiger partial charge in [0.25, 0.3) is 0 Å². The topological polar surface area (TPSA) is 37.3 Å². The van der Waals surface area contributed by atoms with E-state index in [1.165, 1.54) is 0 Å². The van der Waals surface area contributed by atoms with E-state index in [9.17, 15) is 4.79 Å². The van der Waals surface area contributed by atoms with Crippen LogP contribution in [0, 0.1) is 5.92 Å². The van der Waals surface area contributed by atoms with E-state index in [0.717, 1.165) is 19.3 Å². The molecular formula is C10H18O2. The molecule has 0 saturated heterocycles. The standard InChI is InChI=1S/C10H18O2/c1-3-5-7-9(6-4-2)8-10(11)12/h5,7,9H,3-4,6,8H2,1-2H3,(H,11,12). The predicted molar refractivity (Wildman–Crippen MR) is 50.1 cm³/mol. The zero-order valence-electron chi connectivity index (χ0n) is 7.92. The van der Waals surface area contributed by atoms with Crippen LogP contribution in [0.2, 0.25) is 0 Å². The molecule has 1 N–H and O–H groups in total. The van der Waals surface area contributed by atoms with Gasteiger partial charge in [0.15, 0.2) is 0 Å². The molecule has 0 rings (SSSR count). The van der Waals surface area contributed by atoms with E-state index >= 15 is 0 Å². The lowest BCUT2D eigenvalue weighted by atomic mass is 9.99. The number of carboxylic acids is 1. The molecule has 0 aliphatic heterocycles. The maximum atomic E-state index is 10.4. The number of allylic oxidation sites excluding steroid dienone is 2. The first kappa shape index (κ1) is 11.2. The highest BCUT2D eigenvalue weighted by Crippen LogP contribution is 2.12. The molecule has 0 heterocycles. The van der Waals surface area contributed by atoms with Crippen molar-refractivity contribution in [1.29, 1.82) is 0 Å². The quantitative estimate of drug-likeness (QED) is 0.622. The minimum absolute atomic E-state index is 0.229. The number of hydrogen-bond donors (Lipinski definition) is 1. The van der Waals surface area contributed by atoms with Gasteiger partial charge in [-0.15, -0.1) is 0 Å². The monoisotopic (exact) mass is 170 g/mol. The SMILES string of the molecule is CCC=CC(CCC)CC(=O)O. The smallest absolute Gasteiger partial charge is 0.303 e. The van der Waals surface area contributed by atoms with E-state index in [2.05, 4.69) is 13.8 Å². The maximum Gasteiger partial charge on any atom is 0.303 e. The Balaban J connectivity index is 3.85. The van der Waals surface area contributed by atoms with Crippen LogP contribution in [0.3, 0.4) is 0 Å². The summed E-state index contributed by atoms with van der Waals surface area (Å²) in [5.74, 6) is -0.471. The first-order valence-electron chi connectivity index (χ1n) is 4.59. The van der Waals surface area contributed by atoms with E-state index in [4.69, 9.17) is 5.11 Å². The van der Waals surface area contributed by atoms with Crippen molar-refractivity contribution in [3.05, 3.63) is 12.2 Å². The van der Waals surface area contributed by atoms with Crippen LogP contribution in [-0.2, 0) is 4.79 Å². The van der Waals surface area contributed by atoms with Crippen LogP contribution in [0.4, 0.5) is 0 Å². The van der Waals surface area contributed by atoms with Gasteiger partial charge in [0.2, 0.25) is 0 Å². The lowest BCUT2D eigenvalue weighted by molar-refractivity contribution is -0.137. The van der Waals surface area contributed by atoms with E-state index in [1.807, 2.05) is 12.2 Å². The molecule has 12 heavy (non-hydrogen) atoms. The summed E-state index contributed by atoms with van der Waals surface area (Å²) in [7, 11) is 0. The lowest BCUT2D eigenvalue weighted by Gasteiger charge is -2.07.